The van der Waals surface area contributed by atoms with E-state index in [9.17, 15) is 9.59 Å². The molecule has 1 unspecified atom stereocenters. The fraction of sp³-hybridized carbons (Fsp3) is 0.350. The van der Waals surface area contributed by atoms with Gasteiger partial charge < -0.3 is 10.2 Å². The van der Waals surface area contributed by atoms with Crippen LogP contribution in [-0.4, -0.2) is 34.8 Å². The van der Waals surface area contributed by atoms with Gasteiger partial charge in [0, 0.05) is 35.6 Å². The van der Waals surface area contributed by atoms with Crippen molar-refractivity contribution in [1.82, 2.24) is 9.88 Å². The largest absolute Gasteiger partial charge is 0.337 e. The van der Waals surface area contributed by atoms with E-state index in [1.54, 1.807) is 30.3 Å². The predicted octanol–water partition coefficient (Wildman–Crippen LogP) is 4.17. The molecule has 2 amide bonds. The van der Waals surface area contributed by atoms with Crippen molar-refractivity contribution >= 4 is 29.1 Å². The number of likely N-dealkylation sites (tertiary alicyclic amines) is 1. The summed E-state index contributed by atoms with van der Waals surface area (Å²) in [5.74, 6) is 0.0971. The summed E-state index contributed by atoms with van der Waals surface area (Å²) < 4.78 is 0. The van der Waals surface area contributed by atoms with Crippen molar-refractivity contribution < 1.29 is 9.59 Å². The van der Waals surface area contributed by atoms with Gasteiger partial charge in [-0.2, -0.15) is 0 Å². The van der Waals surface area contributed by atoms with Gasteiger partial charge in [-0.1, -0.05) is 18.5 Å². The number of piperidine rings is 1. The Morgan fingerprint density at radius 1 is 1.27 bits per heavy atom. The van der Waals surface area contributed by atoms with Crippen molar-refractivity contribution in [1.29, 1.82) is 0 Å². The Morgan fingerprint density at radius 3 is 2.81 bits per heavy atom. The van der Waals surface area contributed by atoms with Gasteiger partial charge >= 0.3 is 0 Å². The lowest BCUT2D eigenvalue weighted by Crippen LogP contribution is -2.39. The zero-order valence-electron chi connectivity index (χ0n) is 15.0. The summed E-state index contributed by atoms with van der Waals surface area (Å²) in [5.41, 5.74) is 2.27. The molecule has 26 heavy (non-hydrogen) atoms. The summed E-state index contributed by atoms with van der Waals surface area (Å²) in [5, 5.41) is 3.47. The van der Waals surface area contributed by atoms with E-state index < -0.39 is 0 Å². The third-order valence-corrected chi connectivity index (χ3v) is 4.86. The second kappa shape index (κ2) is 7.87. The van der Waals surface area contributed by atoms with E-state index in [0.29, 0.717) is 27.9 Å². The molecule has 5 nitrogen and oxygen atoms in total. The van der Waals surface area contributed by atoms with E-state index in [4.69, 9.17) is 11.6 Å². The van der Waals surface area contributed by atoms with Crippen molar-refractivity contribution in [2.24, 2.45) is 5.92 Å². The van der Waals surface area contributed by atoms with Crippen LogP contribution in [0.2, 0.25) is 5.02 Å². The van der Waals surface area contributed by atoms with Crippen LogP contribution < -0.4 is 5.32 Å². The minimum atomic E-state index is -0.279. The smallest absolute Gasteiger partial charge is 0.272 e. The molecule has 1 aromatic carbocycles. The van der Waals surface area contributed by atoms with Crippen LogP contribution in [-0.2, 0) is 0 Å². The first-order valence-electron chi connectivity index (χ1n) is 8.77. The van der Waals surface area contributed by atoms with Gasteiger partial charge in [0.1, 0.15) is 5.69 Å². The minimum Gasteiger partial charge on any atom is -0.337 e. The molecule has 2 aromatic rings. The molecule has 1 N–H and O–H groups in total. The molecule has 2 heterocycles. The number of nitrogens with zero attached hydrogens (tertiary/aromatic N) is 2. The highest BCUT2D eigenvalue weighted by Gasteiger charge is 2.23. The summed E-state index contributed by atoms with van der Waals surface area (Å²) >= 11 is 5.95. The van der Waals surface area contributed by atoms with Crippen LogP contribution in [0.25, 0.3) is 0 Å². The lowest BCUT2D eigenvalue weighted by atomic mass is 10.00. The molecule has 1 aliphatic rings. The summed E-state index contributed by atoms with van der Waals surface area (Å²) in [6.07, 6.45) is 3.65. The van der Waals surface area contributed by atoms with Gasteiger partial charge in [-0.25, -0.2) is 0 Å². The summed E-state index contributed by atoms with van der Waals surface area (Å²) in [6.45, 7) is 5.50. The van der Waals surface area contributed by atoms with Crippen LogP contribution in [0.15, 0.2) is 36.5 Å². The number of benzene rings is 1. The summed E-state index contributed by atoms with van der Waals surface area (Å²) in [4.78, 5) is 31.2. The molecule has 0 spiro atoms. The van der Waals surface area contributed by atoms with E-state index in [1.165, 1.54) is 6.20 Å². The van der Waals surface area contributed by atoms with Crippen LogP contribution >= 0.6 is 11.6 Å². The Kier molecular flexibility index (Phi) is 5.57. The maximum Gasteiger partial charge on any atom is 0.272 e. The molecule has 3 rings (SSSR count). The molecular formula is C20H22ClN3O2. The Labute approximate surface area is 158 Å². The lowest BCUT2D eigenvalue weighted by Gasteiger charge is -2.30. The van der Waals surface area contributed by atoms with Crippen molar-refractivity contribution in [3.05, 3.63) is 58.4 Å². The summed E-state index contributed by atoms with van der Waals surface area (Å²) in [7, 11) is 0. The minimum absolute atomic E-state index is 0.117. The van der Waals surface area contributed by atoms with Gasteiger partial charge in [-0.3, -0.25) is 14.6 Å². The summed E-state index contributed by atoms with van der Waals surface area (Å²) in [6, 6.07) is 8.44. The van der Waals surface area contributed by atoms with Gasteiger partial charge in [0.25, 0.3) is 11.8 Å². The topological polar surface area (TPSA) is 62.3 Å². The van der Waals surface area contributed by atoms with Crippen LogP contribution in [0, 0.1) is 12.8 Å². The van der Waals surface area contributed by atoms with Crippen molar-refractivity contribution in [2.45, 2.75) is 26.7 Å². The lowest BCUT2D eigenvalue weighted by molar-refractivity contribution is 0.0677. The molecule has 0 radical (unpaired) electrons. The number of carbonyl (C=O) groups is 2. The quantitative estimate of drug-likeness (QED) is 0.880. The van der Waals surface area contributed by atoms with E-state index >= 15 is 0 Å². The fourth-order valence-corrected chi connectivity index (χ4v) is 3.41. The number of hydrogen-bond donors (Lipinski definition) is 1. The first kappa shape index (κ1) is 18.4. The average molecular weight is 372 g/mol. The Bertz CT molecular complexity index is 838. The molecule has 1 aromatic heterocycles. The van der Waals surface area contributed by atoms with Gasteiger partial charge in [-0.05, 0) is 61.6 Å². The van der Waals surface area contributed by atoms with E-state index in [-0.39, 0.29) is 11.8 Å². The van der Waals surface area contributed by atoms with Crippen LogP contribution in [0.1, 0.15) is 46.2 Å². The normalized spacial score (nSPS) is 17.0. The second-order valence-corrected chi connectivity index (χ2v) is 7.28. The number of aromatic nitrogens is 1. The first-order chi connectivity index (χ1) is 12.4. The Balaban J connectivity index is 1.75. The number of nitrogens with one attached hydrogen (secondary N) is 1. The molecule has 0 aliphatic carbocycles. The number of rotatable bonds is 3. The second-order valence-electron chi connectivity index (χ2n) is 6.84. The Hall–Kier alpha value is -2.40. The fourth-order valence-electron chi connectivity index (χ4n) is 3.19. The third kappa shape index (κ3) is 4.22. The van der Waals surface area contributed by atoms with Gasteiger partial charge in [0.15, 0.2) is 0 Å². The monoisotopic (exact) mass is 371 g/mol. The number of pyridine rings is 1. The predicted molar refractivity (Wildman–Crippen MR) is 103 cm³/mol. The number of hydrogen-bond acceptors (Lipinski definition) is 3. The van der Waals surface area contributed by atoms with Crippen molar-refractivity contribution in [3.8, 4) is 0 Å². The van der Waals surface area contributed by atoms with Crippen LogP contribution in [0.4, 0.5) is 5.69 Å². The number of anilines is 1. The third-order valence-electron chi connectivity index (χ3n) is 4.62. The van der Waals surface area contributed by atoms with Gasteiger partial charge in [0.05, 0.1) is 0 Å². The highest BCUT2D eigenvalue weighted by molar-refractivity contribution is 6.30. The zero-order valence-corrected chi connectivity index (χ0v) is 15.7. The molecule has 6 heteroatoms. The van der Waals surface area contributed by atoms with Gasteiger partial charge in [-0.15, -0.1) is 0 Å². The maximum absolute atomic E-state index is 12.7. The molecule has 1 atom stereocenters. The van der Waals surface area contributed by atoms with Crippen molar-refractivity contribution in [3.63, 3.8) is 0 Å². The van der Waals surface area contributed by atoms with Gasteiger partial charge in [0.2, 0.25) is 0 Å². The van der Waals surface area contributed by atoms with Crippen LogP contribution in [0.5, 0.6) is 0 Å². The molecule has 1 saturated heterocycles. The number of halogens is 1. The number of carbonyl (C=O) groups excluding carboxylic acids is 2. The Morgan fingerprint density at radius 2 is 2.08 bits per heavy atom. The first-order valence-corrected chi connectivity index (χ1v) is 9.14. The number of aryl methyl sites for hydroxylation is 1. The van der Waals surface area contributed by atoms with E-state index in [0.717, 1.165) is 31.5 Å². The highest BCUT2D eigenvalue weighted by Crippen LogP contribution is 2.21. The van der Waals surface area contributed by atoms with Crippen LogP contribution in [0.3, 0.4) is 0 Å². The standard InChI is InChI=1S/C20H22ClN3O2/c1-13-4-3-9-24(12-13)20(26)18-11-15(7-8-22-18)19(25)23-17-6-5-16(21)10-14(17)2/h5-8,10-11,13H,3-4,9,12H2,1-2H3,(H,23,25). The zero-order chi connectivity index (χ0) is 18.7. The SMILES string of the molecule is Cc1cc(Cl)ccc1NC(=O)c1ccnc(C(=O)N2CCCC(C)C2)c1. The highest BCUT2D eigenvalue weighted by atomic mass is 35.5. The molecule has 0 bridgehead atoms. The van der Waals surface area contributed by atoms with Crippen molar-refractivity contribution in [2.75, 3.05) is 18.4 Å². The average Bonchev–Trinajstić information content (AvgIpc) is 2.63. The molecular weight excluding hydrogens is 350 g/mol. The molecule has 1 fully saturated rings. The molecule has 136 valence electrons. The number of amides is 2. The maximum atomic E-state index is 12.7. The molecule has 1 aliphatic heterocycles. The molecule has 0 saturated carbocycles. The van der Waals surface area contributed by atoms with E-state index in [1.807, 2.05) is 11.8 Å². The van der Waals surface area contributed by atoms with E-state index in [2.05, 4.69) is 17.2 Å².